The van der Waals surface area contributed by atoms with Gasteiger partial charge in [0.05, 0.1) is 13.3 Å². The molecular formula is C10H13FN2O. The molecule has 0 saturated carbocycles. The topological polar surface area (TPSA) is 25.4 Å². The van der Waals surface area contributed by atoms with Gasteiger partial charge < -0.3 is 9.64 Å². The molecule has 0 radical (unpaired) electrons. The molecule has 14 heavy (non-hydrogen) atoms. The van der Waals surface area contributed by atoms with E-state index in [1.807, 2.05) is 0 Å². The van der Waals surface area contributed by atoms with Gasteiger partial charge in [-0.3, -0.25) is 0 Å². The van der Waals surface area contributed by atoms with Crippen molar-refractivity contribution in [1.82, 2.24) is 4.98 Å². The first-order chi connectivity index (χ1) is 6.81. The molecule has 4 heteroatoms. The van der Waals surface area contributed by atoms with E-state index in [0.717, 1.165) is 31.6 Å². The number of rotatable bonds is 2. The number of hydrogen-bond acceptors (Lipinski definition) is 3. The first kappa shape index (κ1) is 9.24. The zero-order chi connectivity index (χ0) is 9.97. The van der Waals surface area contributed by atoms with Crippen LogP contribution < -0.4 is 9.64 Å². The Labute approximate surface area is 82.5 Å². The van der Waals surface area contributed by atoms with Crippen LogP contribution in [0.2, 0.25) is 0 Å². The lowest BCUT2D eigenvalue weighted by Gasteiger charge is -2.19. The molecule has 1 aliphatic heterocycles. The van der Waals surface area contributed by atoms with Crippen molar-refractivity contribution in [2.45, 2.75) is 12.8 Å². The van der Waals surface area contributed by atoms with E-state index in [1.54, 1.807) is 7.11 Å². The molecular weight excluding hydrogens is 183 g/mol. The molecule has 2 heterocycles. The molecule has 0 unspecified atom stereocenters. The van der Waals surface area contributed by atoms with Gasteiger partial charge in [-0.25, -0.2) is 9.37 Å². The van der Waals surface area contributed by atoms with Crippen molar-refractivity contribution in [3.63, 3.8) is 0 Å². The first-order valence-corrected chi connectivity index (χ1v) is 4.76. The highest BCUT2D eigenvalue weighted by atomic mass is 19.1. The van der Waals surface area contributed by atoms with E-state index in [-0.39, 0.29) is 5.82 Å². The lowest BCUT2D eigenvalue weighted by molar-refractivity contribution is 0.396. The van der Waals surface area contributed by atoms with Crippen molar-refractivity contribution in [3.05, 3.63) is 18.1 Å². The lowest BCUT2D eigenvalue weighted by atomic mass is 10.3. The minimum Gasteiger partial charge on any atom is -0.480 e. The van der Waals surface area contributed by atoms with E-state index in [9.17, 15) is 4.39 Å². The summed E-state index contributed by atoms with van der Waals surface area (Å²) in [6, 6.07) is 1.48. The van der Waals surface area contributed by atoms with Crippen LogP contribution in [0.3, 0.4) is 0 Å². The number of nitrogens with zero attached hydrogens (tertiary/aromatic N) is 2. The molecule has 1 fully saturated rings. The largest absolute Gasteiger partial charge is 0.480 e. The van der Waals surface area contributed by atoms with Crippen LogP contribution in [0.1, 0.15) is 12.8 Å². The Morgan fingerprint density at radius 3 is 2.79 bits per heavy atom. The van der Waals surface area contributed by atoms with Gasteiger partial charge in [-0.2, -0.15) is 0 Å². The van der Waals surface area contributed by atoms with E-state index >= 15 is 0 Å². The van der Waals surface area contributed by atoms with Crippen LogP contribution in [0.15, 0.2) is 12.3 Å². The number of hydrogen-bond donors (Lipinski definition) is 0. The van der Waals surface area contributed by atoms with Gasteiger partial charge in [0.25, 0.3) is 0 Å². The monoisotopic (exact) mass is 196 g/mol. The Hall–Kier alpha value is -1.32. The second kappa shape index (κ2) is 3.82. The fraction of sp³-hybridized carbons (Fsp3) is 0.500. The average Bonchev–Trinajstić information content (AvgIpc) is 2.70. The number of pyridine rings is 1. The van der Waals surface area contributed by atoms with Gasteiger partial charge in [-0.15, -0.1) is 0 Å². The fourth-order valence-electron chi connectivity index (χ4n) is 1.76. The second-order valence-corrected chi connectivity index (χ2v) is 3.38. The number of methoxy groups -OCH3 is 1. The summed E-state index contributed by atoms with van der Waals surface area (Å²) < 4.78 is 18.1. The predicted molar refractivity (Wildman–Crippen MR) is 52.2 cm³/mol. The van der Waals surface area contributed by atoms with Crippen LogP contribution in [0.4, 0.5) is 10.1 Å². The third-order valence-corrected chi connectivity index (χ3v) is 2.44. The Morgan fingerprint density at radius 2 is 2.14 bits per heavy atom. The van der Waals surface area contributed by atoms with Gasteiger partial charge in [0.1, 0.15) is 11.5 Å². The van der Waals surface area contributed by atoms with Gasteiger partial charge in [0.2, 0.25) is 5.88 Å². The van der Waals surface area contributed by atoms with Gasteiger partial charge in [0, 0.05) is 19.2 Å². The number of ether oxygens (including phenoxy) is 1. The molecule has 0 atom stereocenters. The summed E-state index contributed by atoms with van der Waals surface area (Å²) in [5, 5.41) is 0. The van der Waals surface area contributed by atoms with Gasteiger partial charge in [-0.05, 0) is 12.8 Å². The number of anilines is 1. The smallest absolute Gasteiger partial charge is 0.237 e. The molecule has 0 aliphatic carbocycles. The summed E-state index contributed by atoms with van der Waals surface area (Å²) in [6.45, 7) is 1.92. The Morgan fingerprint density at radius 1 is 1.43 bits per heavy atom. The zero-order valence-corrected chi connectivity index (χ0v) is 8.16. The van der Waals surface area contributed by atoms with Crippen LogP contribution in [0.5, 0.6) is 5.88 Å². The molecule has 1 aromatic heterocycles. The minimum atomic E-state index is -0.312. The third kappa shape index (κ3) is 1.64. The van der Waals surface area contributed by atoms with Crippen LogP contribution in [0, 0.1) is 5.82 Å². The van der Waals surface area contributed by atoms with Gasteiger partial charge in [-0.1, -0.05) is 0 Å². The summed E-state index contributed by atoms with van der Waals surface area (Å²) >= 11 is 0. The summed E-state index contributed by atoms with van der Waals surface area (Å²) in [5.74, 6) is 0.195. The SMILES string of the molecule is COc1ncc(F)cc1N1CCCC1. The van der Waals surface area contributed by atoms with Crippen molar-refractivity contribution < 1.29 is 9.13 Å². The molecule has 0 spiro atoms. The molecule has 1 aromatic rings. The van der Waals surface area contributed by atoms with Gasteiger partial charge >= 0.3 is 0 Å². The number of halogens is 1. The fourth-order valence-corrected chi connectivity index (χ4v) is 1.76. The maximum absolute atomic E-state index is 13.0. The van der Waals surface area contributed by atoms with Gasteiger partial charge in [0.15, 0.2) is 0 Å². The maximum atomic E-state index is 13.0. The Kier molecular flexibility index (Phi) is 2.52. The summed E-state index contributed by atoms with van der Waals surface area (Å²) in [4.78, 5) is 6.01. The highest BCUT2D eigenvalue weighted by Gasteiger charge is 2.17. The van der Waals surface area contributed by atoms with E-state index < -0.39 is 0 Å². The van der Waals surface area contributed by atoms with Crippen LogP contribution in [-0.2, 0) is 0 Å². The Bertz CT molecular complexity index is 324. The van der Waals surface area contributed by atoms with Crippen molar-refractivity contribution in [1.29, 1.82) is 0 Å². The molecule has 0 aromatic carbocycles. The number of aromatic nitrogens is 1. The molecule has 0 bridgehead atoms. The summed E-state index contributed by atoms with van der Waals surface area (Å²) in [6.07, 6.45) is 3.48. The highest BCUT2D eigenvalue weighted by Crippen LogP contribution is 2.28. The van der Waals surface area contributed by atoms with E-state index in [0.29, 0.717) is 5.88 Å². The van der Waals surface area contributed by atoms with E-state index in [1.165, 1.54) is 12.3 Å². The van der Waals surface area contributed by atoms with E-state index in [2.05, 4.69) is 9.88 Å². The standard InChI is InChI=1S/C10H13FN2O/c1-14-10-9(6-8(11)7-12-10)13-4-2-3-5-13/h6-7H,2-5H2,1H3. The van der Waals surface area contributed by atoms with Crippen LogP contribution >= 0.6 is 0 Å². The van der Waals surface area contributed by atoms with Crippen molar-refractivity contribution in [2.75, 3.05) is 25.1 Å². The average molecular weight is 196 g/mol. The van der Waals surface area contributed by atoms with Crippen molar-refractivity contribution >= 4 is 5.69 Å². The van der Waals surface area contributed by atoms with Crippen LogP contribution in [0.25, 0.3) is 0 Å². The molecule has 1 saturated heterocycles. The first-order valence-electron chi connectivity index (χ1n) is 4.76. The Balaban J connectivity index is 2.33. The molecule has 0 amide bonds. The molecule has 2 rings (SSSR count). The lowest BCUT2D eigenvalue weighted by Crippen LogP contribution is -2.19. The molecule has 76 valence electrons. The molecule has 3 nitrogen and oxygen atoms in total. The zero-order valence-electron chi connectivity index (χ0n) is 8.16. The second-order valence-electron chi connectivity index (χ2n) is 3.38. The summed E-state index contributed by atoms with van der Waals surface area (Å²) in [5.41, 5.74) is 0.769. The van der Waals surface area contributed by atoms with E-state index in [4.69, 9.17) is 4.74 Å². The van der Waals surface area contributed by atoms with Crippen molar-refractivity contribution in [2.24, 2.45) is 0 Å². The predicted octanol–water partition coefficient (Wildman–Crippen LogP) is 1.83. The summed E-state index contributed by atoms with van der Waals surface area (Å²) in [7, 11) is 1.56. The maximum Gasteiger partial charge on any atom is 0.237 e. The highest BCUT2D eigenvalue weighted by molar-refractivity contribution is 5.55. The normalized spacial score (nSPS) is 16.0. The molecule has 0 N–H and O–H groups in total. The third-order valence-electron chi connectivity index (χ3n) is 2.44. The van der Waals surface area contributed by atoms with Crippen LogP contribution in [-0.4, -0.2) is 25.2 Å². The quantitative estimate of drug-likeness (QED) is 0.721. The molecule has 1 aliphatic rings. The minimum absolute atomic E-state index is 0.312. The van der Waals surface area contributed by atoms with Crippen molar-refractivity contribution in [3.8, 4) is 5.88 Å².